The third-order valence-electron chi connectivity index (χ3n) is 6.10. The first-order valence-corrected chi connectivity index (χ1v) is 12.5. The van der Waals surface area contributed by atoms with Crippen molar-refractivity contribution in [3.8, 4) is 0 Å². The molecule has 0 aromatic heterocycles. The first-order chi connectivity index (χ1) is 14.4. The number of hydrogen-bond donors (Lipinski definition) is 1. The normalized spacial score (nSPS) is 24.7. The fraction of sp³-hybridized carbons (Fsp3) is 0.895. The van der Waals surface area contributed by atoms with Gasteiger partial charge in [0, 0.05) is 52.4 Å². The fourth-order valence-corrected chi connectivity index (χ4v) is 6.01. The highest BCUT2D eigenvalue weighted by Gasteiger charge is 2.37. The Morgan fingerprint density at radius 2 is 1.67 bits per heavy atom. The number of carbonyl (C=O) groups is 2. The van der Waals surface area contributed by atoms with Crippen LogP contribution < -0.4 is 5.32 Å². The van der Waals surface area contributed by atoms with E-state index in [4.69, 9.17) is 4.74 Å². The second kappa shape index (κ2) is 10.7. The van der Waals surface area contributed by atoms with Crippen LogP contribution in [-0.2, 0) is 19.7 Å². The summed E-state index contributed by atoms with van der Waals surface area (Å²) in [6, 6.07) is 0. The summed E-state index contributed by atoms with van der Waals surface area (Å²) in [6.07, 6.45) is 3.41. The lowest BCUT2D eigenvalue weighted by atomic mass is 9.99. The SMILES string of the molecule is CCOC(=O)N1CCN(S(=O)(=O)N2CCC[C@@H](C(=O)NCCN3CCCC3)C2)CC1. The van der Waals surface area contributed by atoms with Gasteiger partial charge in [0.2, 0.25) is 5.91 Å². The van der Waals surface area contributed by atoms with Crippen LogP contribution in [0.3, 0.4) is 0 Å². The minimum Gasteiger partial charge on any atom is -0.450 e. The van der Waals surface area contributed by atoms with Gasteiger partial charge in [-0.25, -0.2) is 4.79 Å². The van der Waals surface area contributed by atoms with Crippen LogP contribution in [-0.4, -0.2) is 111 Å². The van der Waals surface area contributed by atoms with E-state index in [9.17, 15) is 18.0 Å². The van der Waals surface area contributed by atoms with Gasteiger partial charge in [-0.1, -0.05) is 0 Å². The Balaban J connectivity index is 1.47. The van der Waals surface area contributed by atoms with Crippen molar-refractivity contribution in [3.63, 3.8) is 0 Å². The lowest BCUT2D eigenvalue weighted by molar-refractivity contribution is -0.126. The zero-order chi connectivity index (χ0) is 21.6. The molecule has 3 aliphatic heterocycles. The number of rotatable bonds is 7. The van der Waals surface area contributed by atoms with Gasteiger partial charge in [-0.2, -0.15) is 17.0 Å². The fourth-order valence-electron chi connectivity index (χ4n) is 4.33. The van der Waals surface area contributed by atoms with E-state index < -0.39 is 16.3 Å². The predicted molar refractivity (Wildman–Crippen MR) is 112 cm³/mol. The van der Waals surface area contributed by atoms with Gasteiger partial charge in [0.15, 0.2) is 0 Å². The monoisotopic (exact) mass is 445 g/mol. The van der Waals surface area contributed by atoms with Crippen LogP contribution in [0.5, 0.6) is 0 Å². The van der Waals surface area contributed by atoms with E-state index >= 15 is 0 Å². The molecule has 1 N–H and O–H groups in total. The Morgan fingerprint density at radius 3 is 2.33 bits per heavy atom. The summed E-state index contributed by atoms with van der Waals surface area (Å²) in [5, 5.41) is 2.99. The van der Waals surface area contributed by atoms with Crippen LogP contribution in [0.4, 0.5) is 4.79 Å². The van der Waals surface area contributed by atoms with E-state index in [2.05, 4.69) is 10.2 Å². The molecule has 11 heteroatoms. The highest BCUT2D eigenvalue weighted by atomic mass is 32.2. The van der Waals surface area contributed by atoms with Gasteiger partial charge in [0.25, 0.3) is 10.2 Å². The van der Waals surface area contributed by atoms with E-state index in [1.54, 1.807) is 6.92 Å². The zero-order valence-corrected chi connectivity index (χ0v) is 18.7. The number of nitrogens with one attached hydrogen (secondary N) is 1. The standard InChI is InChI=1S/C19H35N5O5S/c1-2-29-19(26)22-12-14-23(15-13-22)30(27,28)24-10-5-6-17(16-24)18(25)20-7-11-21-8-3-4-9-21/h17H,2-16H2,1H3,(H,20,25)/t17-/m1/s1. The largest absolute Gasteiger partial charge is 0.450 e. The highest BCUT2D eigenvalue weighted by Crippen LogP contribution is 2.22. The molecule has 3 rings (SSSR count). The molecule has 3 saturated heterocycles. The highest BCUT2D eigenvalue weighted by molar-refractivity contribution is 7.86. The Labute approximate surface area is 179 Å². The maximum Gasteiger partial charge on any atom is 0.409 e. The van der Waals surface area contributed by atoms with Crippen molar-refractivity contribution >= 4 is 22.2 Å². The number of nitrogens with zero attached hydrogens (tertiary/aromatic N) is 4. The Morgan fingerprint density at radius 1 is 0.967 bits per heavy atom. The average Bonchev–Trinajstić information content (AvgIpc) is 3.27. The van der Waals surface area contributed by atoms with Crippen molar-refractivity contribution in [2.75, 3.05) is 72.1 Å². The Bertz CT molecular complexity index is 689. The summed E-state index contributed by atoms with van der Waals surface area (Å²) >= 11 is 0. The minimum atomic E-state index is -3.65. The second-order valence-corrected chi connectivity index (χ2v) is 10.1. The van der Waals surface area contributed by atoms with Gasteiger partial charge in [-0.3, -0.25) is 4.79 Å². The maximum atomic E-state index is 13.1. The molecule has 10 nitrogen and oxygen atoms in total. The van der Waals surface area contributed by atoms with E-state index in [0.717, 1.165) is 19.6 Å². The maximum absolute atomic E-state index is 13.1. The third-order valence-corrected chi connectivity index (χ3v) is 8.10. The van der Waals surface area contributed by atoms with E-state index in [1.807, 2.05) is 0 Å². The summed E-state index contributed by atoms with van der Waals surface area (Å²) in [5.41, 5.74) is 0. The average molecular weight is 446 g/mol. The lowest BCUT2D eigenvalue weighted by Gasteiger charge is -2.38. The van der Waals surface area contributed by atoms with E-state index in [0.29, 0.717) is 45.6 Å². The molecule has 1 atom stereocenters. The number of piperazine rings is 1. The zero-order valence-electron chi connectivity index (χ0n) is 17.9. The molecule has 0 aromatic rings. The molecule has 0 aliphatic carbocycles. The first kappa shape index (κ1) is 23.2. The minimum absolute atomic E-state index is 0.0544. The van der Waals surface area contributed by atoms with E-state index in [1.165, 1.54) is 26.4 Å². The van der Waals surface area contributed by atoms with Crippen LogP contribution in [0.1, 0.15) is 32.6 Å². The summed E-state index contributed by atoms with van der Waals surface area (Å²) < 4.78 is 34.0. The number of carbonyl (C=O) groups excluding carboxylic acids is 2. The van der Waals surface area contributed by atoms with Gasteiger partial charge in [0.1, 0.15) is 0 Å². The van der Waals surface area contributed by atoms with Crippen LogP contribution in [0.2, 0.25) is 0 Å². The molecule has 2 amide bonds. The second-order valence-electron chi connectivity index (χ2n) is 8.13. The van der Waals surface area contributed by atoms with Crippen molar-refractivity contribution in [2.45, 2.75) is 32.6 Å². The van der Waals surface area contributed by atoms with Crippen molar-refractivity contribution in [2.24, 2.45) is 5.92 Å². The molecule has 3 fully saturated rings. The topological polar surface area (TPSA) is 102 Å². The molecule has 30 heavy (non-hydrogen) atoms. The number of piperidine rings is 1. The third kappa shape index (κ3) is 5.83. The quantitative estimate of drug-likeness (QED) is 0.589. The molecule has 0 aromatic carbocycles. The number of hydrogen-bond acceptors (Lipinski definition) is 6. The molecular formula is C19H35N5O5S. The predicted octanol–water partition coefficient (Wildman–Crippen LogP) is -0.0707. The molecular weight excluding hydrogens is 410 g/mol. The molecule has 0 unspecified atom stereocenters. The van der Waals surface area contributed by atoms with Gasteiger partial charge < -0.3 is 19.9 Å². The van der Waals surface area contributed by atoms with Gasteiger partial charge in [-0.15, -0.1) is 0 Å². The first-order valence-electron chi connectivity index (χ1n) is 11.1. The molecule has 0 saturated carbocycles. The van der Waals surface area contributed by atoms with Crippen molar-refractivity contribution in [3.05, 3.63) is 0 Å². The summed E-state index contributed by atoms with van der Waals surface area (Å²) in [4.78, 5) is 28.3. The molecule has 0 radical (unpaired) electrons. The van der Waals surface area contributed by atoms with Crippen LogP contribution in [0.25, 0.3) is 0 Å². The molecule has 3 heterocycles. The van der Waals surface area contributed by atoms with E-state index in [-0.39, 0.29) is 31.5 Å². The molecule has 172 valence electrons. The molecule has 3 aliphatic rings. The van der Waals surface area contributed by atoms with Gasteiger partial charge >= 0.3 is 6.09 Å². The Kier molecular flexibility index (Phi) is 8.32. The van der Waals surface area contributed by atoms with Gasteiger partial charge in [0.05, 0.1) is 12.5 Å². The summed E-state index contributed by atoms with van der Waals surface area (Å²) in [5.74, 6) is -0.367. The number of ether oxygens (including phenoxy) is 1. The summed E-state index contributed by atoms with van der Waals surface area (Å²) in [7, 11) is -3.65. The lowest BCUT2D eigenvalue weighted by Crippen LogP contribution is -2.56. The van der Waals surface area contributed by atoms with Crippen LogP contribution >= 0.6 is 0 Å². The number of amides is 2. The summed E-state index contributed by atoms with van der Waals surface area (Å²) in [6.45, 7) is 7.44. The Hall–Kier alpha value is -1.43. The van der Waals surface area contributed by atoms with Crippen molar-refractivity contribution in [1.29, 1.82) is 0 Å². The van der Waals surface area contributed by atoms with Gasteiger partial charge in [-0.05, 0) is 45.7 Å². The van der Waals surface area contributed by atoms with Crippen molar-refractivity contribution < 1.29 is 22.7 Å². The van der Waals surface area contributed by atoms with Crippen molar-refractivity contribution in [1.82, 2.24) is 23.7 Å². The smallest absolute Gasteiger partial charge is 0.409 e. The number of likely N-dealkylation sites (tertiary alicyclic amines) is 1. The molecule has 0 spiro atoms. The van der Waals surface area contributed by atoms with Crippen LogP contribution in [0.15, 0.2) is 0 Å². The molecule has 0 bridgehead atoms. The van der Waals surface area contributed by atoms with Crippen LogP contribution in [0, 0.1) is 5.92 Å².